The number of ether oxygens (including phenoxy) is 1. The van der Waals surface area contributed by atoms with Crippen LogP contribution in [0.2, 0.25) is 0 Å². The number of hydrogen-bond acceptors (Lipinski definition) is 4. The second-order valence-corrected chi connectivity index (χ2v) is 7.19. The van der Waals surface area contributed by atoms with Crippen molar-refractivity contribution in [2.75, 3.05) is 37.0 Å². The molecule has 0 saturated carbocycles. The smallest absolute Gasteiger partial charge is 0.259 e. The minimum absolute atomic E-state index is 0.110. The summed E-state index contributed by atoms with van der Waals surface area (Å²) in [7, 11) is 1.54. The van der Waals surface area contributed by atoms with Crippen molar-refractivity contribution in [1.29, 1.82) is 0 Å². The third-order valence-corrected chi connectivity index (χ3v) is 5.08. The Morgan fingerprint density at radius 3 is 2.48 bits per heavy atom. The molecule has 0 radical (unpaired) electrons. The lowest BCUT2D eigenvalue weighted by Crippen LogP contribution is -2.33. The van der Waals surface area contributed by atoms with Gasteiger partial charge < -0.3 is 20.3 Å². The van der Waals surface area contributed by atoms with Crippen LogP contribution in [0.3, 0.4) is 0 Å². The molecule has 1 aliphatic heterocycles. The molecule has 2 amide bonds. The van der Waals surface area contributed by atoms with Gasteiger partial charge in [-0.15, -0.1) is 0 Å². The van der Waals surface area contributed by atoms with Crippen LogP contribution in [0.4, 0.5) is 11.4 Å². The van der Waals surface area contributed by atoms with E-state index in [1.165, 1.54) is 13.5 Å². The third kappa shape index (κ3) is 5.08. The zero-order valence-electron chi connectivity index (χ0n) is 17.2. The largest absolute Gasteiger partial charge is 0.496 e. The first-order valence-corrected chi connectivity index (χ1v) is 10.3. The van der Waals surface area contributed by atoms with Gasteiger partial charge >= 0.3 is 0 Å². The van der Waals surface area contributed by atoms with E-state index in [1.54, 1.807) is 24.3 Å². The van der Waals surface area contributed by atoms with Crippen molar-refractivity contribution >= 4 is 23.2 Å². The molecule has 0 unspecified atom stereocenters. The normalized spacial score (nSPS) is 13.7. The molecule has 3 rings (SSSR count). The fourth-order valence-corrected chi connectivity index (χ4v) is 3.57. The van der Waals surface area contributed by atoms with Gasteiger partial charge in [0.15, 0.2) is 0 Å². The number of piperidine rings is 1. The number of carbonyl (C=O) groups excluding carboxylic acids is 2. The lowest BCUT2D eigenvalue weighted by Gasteiger charge is -2.30. The van der Waals surface area contributed by atoms with Gasteiger partial charge in [-0.2, -0.15) is 0 Å². The van der Waals surface area contributed by atoms with Gasteiger partial charge in [-0.3, -0.25) is 9.59 Å². The summed E-state index contributed by atoms with van der Waals surface area (Å²) in [5.74, 6) is 0.129. The summed E-state index contributed by atoms with van der Waals surface area (Å²) < 4.78 is 5.28. The van der Waals surface area contributed by atoms with Crippen LogP contribution < -0.4 is 20.3 Å². The summed E-state index contributed by atoms with van der Waals surface area (Å²) in [4.78, 5) is 27.8. The maximum Gasteiger partial charge on any atom is 0.259 e. The van der Waals surface area contributed by atoms with Crippen LogP contribution in [-0.4, -0.2) is 38.6 Å². The quantitative estimate of drug-likeness (QED) is 0.741. The SMILES string of the molecule is CCCNC(=O)c1cc(NC(=O)c2ccccc2OC)ccc1N1CCCCC1. The lowest BCUT2D eigenvalue weighted by molar-refractivity contribution is 0.0952. The minimum Gasteiger partial charge on any atom is -0.496 e. The van der Waals surface area contributed by atoms with Crippen LogP contribution >= 0.6 is 0 Å². The van der Waals surface area contributed by atoms with Gasteiger partial charge in [0.1, 0.15) is 5.75 Å². The van der Waals surface area contributed by atoms with Gasteiger partial charge in [0, 0.05) is 31.0 Å². The van der Waals surface area contributed by atoms with E-state index in [1.807, 2.05) is 25.1 Å². The molecule has 2 aromatic carbocycles. The number of para-hydroxylation sites is 1. The highest BCUT2D eigenvalue weighted by molar-refractivity contribution is 6.07. The van der Waals surface area contributed by atoms with Gasteiger partial charge in [-0.25, -0.2) is 0 Å². The van der Waals surface area contributed by atoms with Gasteiger partial charge in [0.2, 0.25) is 0 Å². The maximum atomic E-state index is 12.8. The summed E-state index contributed by atoms with van der Waals surface area (Å²) in [6, 6.07) is 12.6. The Balaban J connectivity index is 1.87. The Kier molecular flexibility index (Phi) is 7.11. The number of methoxy groups -OCH3 is 1. The number of amides is 2. The second kappa shape index (κ2) is 9.96. The Morgan fingerprint density at radius 2 is 1.76 bits per heavy atom. The number of hydrogen-bond donors (Lipinski definition) is 2. The molecule has 154 valence electrons. The summed E-state index contributed by atoms with van der Waals surface area (Å²) >= 11 is 0. The molecule has 29 heavy (non-hydrogen) atoms. The Hall–Kier alpha value is -3.02. The maximum absolute atomic E-state index is 12.8. The van der Waals surface area contributed by atoms with E-state index < -0.39 is 0 Å². The molecule has 1 saturated heterocycles. The van der Waals surface area contributed by atoms with Crippen LogP contribution in [0, 0.1) is 0 Å². The number of anilines is 2. The average Bonchev–Trinajstić information content (AvgIpc) is 2.77. The lowest BCUT2D eigenvalue weighted by atomic mass is 10.1. The van der Waals surface area contributed by atoms with Crippen molar-refractivity contribution in [1.82, 2.24) is 5.32 Å². The topological polar surface area (TPSA) is 70.7 Å². The molecule has 1 aliphatic rings. The van der Waals surface area contributed by atoms with Crippen LogP contribution in [0.15, 0.2) is 42.5 Å². The van der Waals surface area contributed by atoms with E-state index in [4.69, 9.17) is 4.74 Å². The van der Waals surface area contributed by atoms with Crippen molar-refractivity contribution in [2.24, 2.45) is 0 Å². The molecule has 2 N–H and O–H groups in total. The Bertz CT molecular complexity index is 860. The molecule has 0 spiro atoms. The molecular weight excluding hydrogens is 366 g/mol. The molecule has 0 atom stereocenters. The predicted octanol–water partition coefficient (Wildman–Crippen LogP) is 4.08. The van der Waals surface area contributed by atoms with Crippen LogP contribution in [0.1, 0.15) is 53.3 Å². The average molecular weight is 396 g/mol. The van der Waals surface area contributed by atoms with E-state index in [-0.39, 0.29) is 11.8 Å². The Morgan fingerprint density at radius 1 is 1.00 bits per heavy atom. The first kappa shape index (κ1) is 20.7. The minimum atomic E-state index is -0.270. The zero-order chi connectivity index (χ0) is 20.6. The van der Waals surface area contributed by atoms with Gasteiger partial charge in [-0.1, -0.05) is 19.1 Å². The second-order valence-electron chi connectivity index (χ2n) is 7.19. The number of rotatable bonds is 7. The number of carbonyl (C=O) groups is 2. The molecular formula is C23H29N3O3. The molecule has 2 aromatic rings. The molecule has 0 bridgehead atoms. The third-order valence-electron chi connectivity index (χ3n) is 5.08. The van der Waals surface area contributed by atoms with Crippen LogP contribution in [0.5, 0.6) is 5.75 Å². The molecule has 6 heteroatoms. The predicted molar refractivity (Wildman–Crippen MR) is 116 cm³/mol. The summed E-state index contributed by atoms with van der Waals surface area (Å²) in [5, 5.41) is 5.86. The van der Waals surface area contributed by atoms with Crippen LogP contribution in [-0.2, 0) is 0 Å². The standard InChI is InChI=1S/C23H29N3O3/c1-3-13-24-22(27)19-16-17(11-12-20(19)26-14-7-4-8-15-26)25-23(28)18-9-5-6-10-21(18)29-2/h5-6,9-12,16H,3-4,7-8,13-15H2,1-2H3,(H,24,27)(H,25,28). The van der Waals surface area contributed by atoms with Gasteiger partial charge in [0.25, 0.3) is 11.8 Å². The van der Waals surface area contributed by atoms with Crippen molar-refractivity contribution in [2.45, 2.75) is 32.6 Å². The van der Waals surface area contributed by atoms with E-state index in [0.29, 0.717) is 29.1 Å². The van der Waals surface area contributed by atoms with Gasteiger partial charge in [-0.05, 0) is 56.0 Å². The van der Waals surface area contributed by atoms with Crippen molar-refractivity contribution in [3.8, 4) is 5.75 Å². The summed E-state index contributed by atoms with van der Waals surface area (Å²) in [6.45, 7) is 4.54. The van der Waals surface area contributed by atoms with Crippen molar-refractivity contribution in [3.63, 3.8) is 0 Å². The fourth-order valence-electron chi connectivity index (χ4n) is 3.57. The fraction of sp³-hybridized carbons (Fsp3) is 0.391. The monoisotopic (exact) mass is 395 g/mol. The Labute approximate surface area is 172 Å². The first-order valence-electron chi connectivity index (χ1n) is 10.3. The van der Waals surface area contributed by atoms with E-state index >= 15 is 0 Å². The number of nitrogens with zero attached hydrogens (tertiary/aromatic N) is 1. The summed E-state index contributed by atoms with van der Waals surface area (Å²) in [6.07, 6.45) is 4.35. The highest BCUT2D eigenvalue weighted by Crippen LogP contribution is 2.28. The first-order chi connectivity index (χ1) is 14.1. The highest BCUT2D eigenvalue weighted by atomic mass is 16.5. The highest BCUT2D eigenvalue weighted by Gasteiger charge is 2.20. The van der Waals surface area contributed by atoms with Crippen LogP contribution in [0.25, 0.3) is 0 Å². The van der Waals surface area contributed by atoms with Crippen molar-refractivity contribution in [3.05, 3.63) is 53.6 Å². The number of benzene rings is 2. The zero-order valence-corrected chi connectivity index (χ0v) is 17.2. The molecule has 0 aromatic heterocycles. The number of nitrogens with one attached hydrogen (secondary N) is 2. The van der Waals surface area contributed by atoms with Crippen molar-refractivity contribution < 1.29 is 14.3 Å². The summed E-state index contributed by atoms with van der Waals surface area (Å²) in [5.41, 5.74) is 2.56. The van der Waals surface area contributed by atoms with E-state index in [0.717, 1.165) is 38.0 Å². The van der Waals surface area contributed by atoms with Gasteiger partial charge in [0.05, 0.1) is 18.2 Å². The molecule has 0 aliphatic carbocycles. The van der Waals surface area contributed by atoms with E-state index in [2.05, 4.69) is 15.5 Å². The van der Waals surface area contributed by atoms with E-state index in [9.17, 15) is 9.59 Å². The molecule has 1 fully saturated rings. The molecule has 1 heterocycles. The molecule has 6 nitrogen and oxygen atoms in total.